The van der Waals surface area contributed by atoms with Crippen LogP contribution < -0.4 is 33.7 Å². The molecule has 1 aliphatic rings. The molecule has 0 fully saturated rings. The van der Waals surface area contributed by atoms with Crippen LogP contribution in [0.5, 0.6) is 34.5 Å². The Morgan fingerprint density at radius 1 is 0.524 bits per heavy atom. The van der Waals surface area contributed by atoms with Crippen LogP contribution in [0.1, 0.15) is 32.6 Å². The van der Waals surface area contributed by atoms with Gasteiger partial charge < -0.3 is 33.0 Å². The largest absolute Gasteiger partial charge is 0.490 e. The predicted octanol–water partition coefficient (Wildman–Crippen LogP) is 11.3. The second kappa shape index (κ2) is 18.3. The van der Waals surface area contributed by atoms with Crippen molar-refractivity contribution in [3.8, 4) is 70.3 Å². The van der Waals surface area contributed by atoms with E-state index in [-0.39, 0.29) is 26.4 Å². The first-order valence-corrected chi connectivity index (χ1v) is 22.2. The molecular weight excluding hydrogens is 808 g/mol. The molecule has 1 unspecified atom stereocenters. The molecule has 0 N–H and O–H groups in total. The number of carbonyl (C=O) groups is 1. The minimum Gasteiger partial charge on any atom is -0.490 e. The summed E-state index contributed by atoms with van der Waals surface area (Å²) in [5.74, 6) is 9.02. The average molecular weight is 853 g/mol. The average Bonchev–Trinajstić information content (AvgIpc) is 3.29. The number of benzene rings is 7. The maximum atomic E-state index is 15.5. The third-order valence-corrected chi connectivity index (χ3v) is 13.8. The highest BCUT2D eigenvalue weighted by atomic mass is 31.2. The van der Waals surface area contributed by atoms with E-state index < -0.39 is 12.7 Å². The van der Waals surface area contributed by atoms with Crippen LogP contribution in [0.4, 0.5) is 0 Å². The van der Waals surface area contributed by atoms with Crippen molar-refractivity contribution in [1.29, 1.82) is 0 Å². The van der Waals surface area contributed by atoms with E-state index in [0.29, 0.717) is 80.4 Å². The van der Waals surface area contributed by atoms with Crippen LogP contribution in [0, 0.1) is 45.5 Å². The molecule has 7 aromatic carbocycles. The molecule has 1 aliphatic heterocycles. The fraction of sp³-hybridized carbons (Fsp3) is 0.167. The number of rotatable bonds is 16. The molecule has 1 atom stereocenters. The van der Waals surface area contributed by atoms with Crippen LogP contribution in [-0.4, -0.2) is 45.2 Å². The molecule has 8 nitrogen and oxygen atoms in total. The van der Waals surface area contributed by atoms with Crippen LogP contribution in [-0.2, 0) is 4.57 Å². The van der Waals surface area contributed by atoms with Crippen molar-refractivity contribution in [2.24, 2.45) is 0 Å². The molecule has 0 amide bonds. The van der Waals surface area contributed by atoms with Crippen molar-refractivity contribution in [1.82, 2.24) is 0 Å². The first-order valence-electron chi connectivity index (χ1n) is 20.5. The maximum absolute atomic E-state index is 15.5. The Morgan fingerprint density at radius 3 is 1.41 bits per heavy atom. The van der Waals surface area contributed by atoms with Crippen molar-refractivity contribution in [3.63, 3.8) is 0 Å². The van der Waals surface area contributed by atoms with Crippen LogP contribution in [0.2, 0.25) is 0 Å². The molecule has 0 saturated heterocycles. The smallest absolute Gasteiger partial charge is 0.230 e. The molecule has 8 rings (SSSR count). The molecule has 0 saturated carbocycles. The minimum atomic E-state index is -3.91. The Labute approximate surface area is 367 Å². The normalized spacial score (nSPS) is 13.9. The molecule has 9 heteroatoms. The molecule has 63 heavy (non-hydrogen) atoms. The van der Waals surface area contributed by atoms with Crippen molar-refractivity contribution in [2.45, 2.75) is 20.8 Å². The third kappa shape index (κ3) is 8.73. The monoisotopic (exact) mass is 852 g/mol. The lowest BCUT2D eigenvalue weighted by Crippen LogP contribution is -2.22. The van der Waals surface area contributed by atoms with Gasteiger partial charge in [0.25, 0.3) is 0 Å². The first kappa shape index (κ1) is 42.3. The highest BCUT2D eigenvalue weighted by Gasteiger charge is 2.45. The quantitative estimate of drug-likeness (QED) is 0.0539. The summed E-state index contributed by atoms with van der Waals surface area (Å²) in [4.78, 5) is 14.8. The zero-order valence-electron chi connectivity index (χ0n) is 35.4. The Bertz CT molecular complexity index is 3040. The Kier molecular flexibility index (Phi) is 12.3. The lowest BCUT2D eigenvalue weighted by atomic mass is 9.94. The minimum absolute atomic E-state index is 0.213. The van der Waals surface area contributed by atoms with Gasteiger partial charge in [-0.25, -0.2) is 0 Å². The summed E-state index contributed by atoms with van der Waals surface area (Å²) in [7, 11) is -3.91. The van der Waals surface area contributed by atoms with Crippen molar-refractivity contribution < 1.29 is 37.8 Å². The van der Waals surface area contributed by atoms with E-state index in [1.807, 2.05) is 124 Å². The zero-order chi connectivity index (χ0) is 44.1. The van der Waals surface area contributed by atoms with E-state index in [1.54, 1.807) is 18.2 Å². The van der Waals surface area contributed by atoms with E-state index in [4.69, 9.17) is 41.3 Å². The van der Waals surface area contributed by atoms with Crippen molar-refractivity contribution in [2.75, 3.05) is 39.6 Å². The maximum Gasteiger partial charge on any atom is 0.230 e. The van der Waals surface area contributed by atoms with Crippen LogP contribution in [0.15, 0.2) is 128 Å². The number of carbonyl (C=O) groups excluding carboxylic acids is 1. The first-order chi connectivity index (χ1) is 30.6. The Morgan fingerprint density at radius 2 is 0.937 bits per heavy atom. The number of ether oxygens (including phenoxy) is 6. The summed E-state index contributed by atoms with van der Waals surface area (Å²) in [5.41, 5.74) is 4.29. The Balaban J connectivity index is 0.929. The standard InChI is InChI=1S/C54H45O8P/c1-7-21-57-43-17-13-41-32-45(19-15-39(41)30-43)59-23-25-61-47-27-35(3)52(36(4)28-47)54(55)63(56)38(6)53-37(5)29-48(34-50(53)49-11-9-10-12-51(49)63)62-26-24-60-46-20-16-40-31-44(58-22-8-2)18-14-42(40)33-46/h1-2,9-20,27-34H,6,21-26H2,3-5H3. The van der Waals surface area contributed by atoms with Crippen LogP contribution >= 0.6 is 7.14 Å². The van der Waals surface area contributed by atoms with Crippen LogP contribution in [0.25, 0.3) is 38.0 Å². The number of aryl methyl sites for hydroxylation is 3. The fourth-order valence-electron chi connectivity index (χ4n) is 8.10. The molecule has 0 radical (unpaired) electrons. The highest BCUT2D eigenvalue weighted by Crippen LogP contribution is 2.65. The summed E-state index contributed by atoms with van der Waals surface area (Å²) in [6, 6.07) is 38.1. The van der Waals surface area contributed by atoms with Gasteiger partial charge in [0.05, 0.1) is 0 Å². The molecule has 0 spiro atoms. The predicted molar refractivity (Wildman–Crippen MR) is 252 cm³/mol. The highest BCUT2D eigenvalue weighted by molar-refractivity contribution is 7.96. The van der Waals surface area contributed by atoms with Crippen molar-refractivity contribution >= 4 is 44.8 Å². The van der Waals surface area contributed by atoms with E-state index in [2.05, 4.69) is 18.4 Å². The number of fused-ring (bicyclic) bond motifs is 5. The van der Waals surface area contributed by atoms with Gasteiger partial charge in [-0.1, -0.05) is 67.0 Å². The van der Waals surface area contributed by atoms with E-state index in [1.165, 1.54) is 0 Å². The lowest BCUT2D eigenvalue weighted by molar-refractivity contribution is 0.107. The van der Waals surface area contributed by atoms with Gasteiger partial charge in [-0.05, 0) is 148 Å². The van der Waals surface area contributed by atoms with Gasteiger partial charge in [0.1, 0.15) is 74.1 Å². The molecule has 0 aromatic heterocycles. The molecular formula is C54H45O8P. The summed E-state index contributed by atoms with van der Waals surface area (Å²) >= 11 is 0. The van der Waals surface area contributed by atoms with Gasteiger partial charge in [0.2, 0.25) is 12.7 Å². The lowest BCUT2D eigenvalue weighted by Gasteiger charge is -2.31. The summed E-state index contributed by atoms with van der Waals surface area (Å²) in [5, 5.41) is 4.81. The van der Waals surface area contributed by atoms with E-state index in [9.17, 15) is 4.79 Å². The second-order valence-electron chi connectivity index (χ2n) is 15.2. The van der Waals surface area contributed by atoms with Crippen LogP contribution in [0.3, 0.4) is 0 Å². The van der Waals surface area contributed by atoms with E-state index >= 15 is 4.57 Å². The number of hydrogen-bond acceptors (Lipinski definition) is 8. The Hall–Kier alpha value is -7.38. The molecule has 0 bridgehead atoms. The van der Waals surface area contributed by atoms with Crippen molar-refractivity contribution in [3.05, 3.63) is 156 Å². The van der Waals surface area contributed by atoms with Gasteiger partial charge >= 0.3 is 0 Å². The SMILES string of the molecule is C#CCOc1ccc2cc(OCCOc3cc(C)c(C(=O)P4(=O)C(=C)c5c(C)cc(OCCOc6ccc7cc(OCC#C)ccc7c6)cc5-c5ccccc54)c(C)c3)ccc2c1. The van der Waals surface area contributed by atoms with Gasteiger partial charge in [-0.3, -0.25) is 4.79 Å². The molecule has 7 aromatic rings. The van der Waals surface area contributed by atoms with Gasteiger partial charge in [-0.15, -0.1) is 12.8 Å². The topological polar surface area (TPSA) is 89.5 Å². The number of terminal acetylenes is 2. The fourth-order valence-corrected chi connectivity index (χ4v) is 11.0. The second-order valence-corrected chi connectivity index (χ2v) is 17.8. The number of hydrogen-bond donors (Lipinski definition) is 0. The summed E-state index contributed by atoms with van der Waals surface area (Å²) in [6.07, 6.45) is 10.6. The van der Waals surface area contributed by atoms with Gasteiger partial charge in [0.15, 0.2) is 0 Å². The summed E-state index contributed by atoms with van der Waals surface area (Å²) < 4.78 is 50.9. The molecule has 1 heterocycles. The zero-order valence-corrected chi connectivity index (χ0v) is 36.3. The molecule has 0 aliphatic carbocycles. The summed E-state index contributed by atoms with van der Waals surface area (Å²) in [6.45, 7) is 11.6. The molecule has 314 valence electrons. The van der Waals surface area contributed by atoms with E-state index in [0.717, 1.165) is 38.4 Å². The van der Waals surface area contributed by atoms with Gasteiger partial charge in [-0.2, -0.15) is 0 Å². The third-order valence-electron chi connectivity index (χ3n) is 11.0. The van der Waals surface area contributed by atoms with Gasteiger partial charge in [0, 0.05) is 16.2 Å².